The summed E-state index contributed by atoms with van der Waals surface area (Å²) >= 11 is 4.20. The summed E-state index contributed by atoms with van der Waals surface area (Å²) < 4.78 is 4.40. The summed E-state index contributed by atoms with van der Waals surface area (Å²) in [6, 6.07) is 8.60. The van der Waals surface area contributed by atoms with Crippen molar-refractivity contribution in [3.8, 4) is 0 Å². The van der Waals surface area contributed by atoms with Gasteiger partial charge in [0, 0.05) is 17.5 Å². The van der Waals surface area contributed by atoms with Gasteiger partial charge in [0.05, 0.1) is 0 Å². The standard InChI is InChI=1S/C9H10NO4PS/c1-7(14-15(12,13)16)9(11)10-8-5-3-2-4-6-8/h2-6H,1H2,(H,10,11)(H2,12,13,16). The number of rotatable bonds is 4. The van der Waals surface area contributed by atoms with Gasteiger partial charge in [-0.25, -0.2) is 0 Å². The van der Waals surface area contributed by atoms with Crippen LogP contribution in [-0.2, 0) is 21.1 Å². The largest absolute Gasteiger partial charge is 0.419 e. The molecule has 0 fully saturated rings. The first-order valence-electron chi connectivity index (χ1n) is 4.19. The number of para-hydroxylation sites is 1. The summed E-state index contributed by atoms with van der Waals surface area (Å²) in [6.45, 7) is -0.665. The van der Waals surface area contributed by atoms with Crippen molar-refractivity contribution in [1.82, 2.24) is 0 Å². The van der Waals surface area contributed by atoms with Crippen molar-refractivity contribution in [3.63, 3.8) is 0 Å². The van der Waals surface area contributed by atoms with Crippen LogP contribution in [0.25, 0.3) is 0 Å². The van der Waals surface area contributed by atoms with E-state index in [9.17, 15) is 4.79 Å². The molecule has 0 heterocycles. The zero-order valence-corrected chi connectivity index (χ0v) is 9.87. The highest BCUT2D eigenvalue weighted by Crippen LogP contribution is 2.39. The second kappa shape index (κ2) is 5.23. The fourth-order valence-electron chi connectivity index (χ4n) is 0.907. The Balaban J connectivity index is 2.60. The van der Waals surface area contributed by atoms with E-state index in [0.717, 1.165) is 0 Å². The minimum absolute atomic E-state index is 0.433. The minimum Gasteiger partial charge on any atom is -0.419 e. The molecule has 0 saturated carbocycles. The van der Waals surface area contributed by atoms with Crippen molar-refractivity contribution in [2.75, 3.05) is 5.32 Å². The minimum atomic E-state index is -3.91. The average Bonchev–Trinajstić information content (AvgIpc) is 2.16. The molecule has 7 heteroatoms. The van der Waals surface area contributed by atoms with E-state index >= 15 is 0 Å². The number of amides is 1. The van der Waals surface area contributed by atoms with Crippen LogP contribution >= 0.6 is 6.72 Å². The van der Waals surface area contributed by atoms with Crippen molar-refractivity contribution < 1.29 is 19.1 Å². The molecule has 1 aromatic carbocycles. The summed E-state index contributed by atoms with van der Waals surface area (Å²) in [7, 11) is 0. The van der Waals surface area contributed by atoms with Gasteiger partial charge >= 0.3 is 6.72 Å². The van der Waals surface area contributed by atoms with E-state index in [2.05, 4.69) is 28.2 Å². The highest BCUT2D eigenvalue weighted by atomic mass is 32.5. The molecule has 0 radical (unpaired) electrons. The van der Waals surface area contributed by atoms with Gasteiger partial charge in [-0.15, -0.1) is 0 Å². The molecular weight excluding hydrogens is 249 g/mol. The molecule has 0 saturated heterocycles. The zero-order valence-electron chi connectivity index (χ0n) is 8.16. The maximum absolute atomic E-state index is 11.4. The first-order chi connectivity index (χ1) is 7.38. The molecule has 86 valence electrons. The number of hydrogen-bond donors (Lipinski definition) is 3. The van der Waals surface area contributed by atoms with Gasteiger partial charge in [0.1, 0.15) is 0 Å². The second-order valence-electron chi connectivity index (χ2n) is 2.83. The van der Waals surface area contributed by atoms with E-state index < -0.39 is 18.4 Å². The summed E-state index contributed by atoms with van der Waals surface area (Å²) in [5.74, 6) is -1.11. The normalized spacial score (nSPS) is 10.6. The van der Waals surface area contributed by atoms with Crippen molar-refractivity contribution in [2.45, 2.75) is 0 Å². The highest BCUT2D eigenvalue weighted by molar-refractivity contribution is 8.06. The lowest BCUT2D eigenvalue weighted by molar-refractivity contribution is -0.114. The Morgan fingerprint density at radius 3 is 2.44 bits per heavy atom. The van der Waals surface area contributed by atoms with E-state index in [1.165, 1.54) is 0 Å². The quantitative estimate of drug-likeness (QED) is 0.432. The summed E-state index contributed by atoms with van der Waals surface area (Å²) in [5.41, 5.74) is 0.543. The molecule has 0 bridgehead atoms. The molecule has 0 atom stereocenters. The Morgan fingerprint density at radius 1 is 1.38 bits per heavy atom. The number of nitrogens with one attached hydrogen (secondary N) is 1. The topological polar surface area (TPSA) is 78.8 Å². The van der Waals surface area contributed by atoms with Gasteiger partial charge in [-0.1, -0.05) is 24.8 Å². The number of benzene rings is 1. The van der Waals surface area contributed by atoms with E-state index in [0.29, 0.717) is 5.69 Å². The number of carbonyl (C=O) groups excluding carboxylic acids is 1. The van der Waals surface area contributed by atoms with Crippen molar-refractivity contribution in [1.29, 1.82) is 0 Å². The van der Waals surface area contributed by atoms with Crippen LogP contribution in [0.4, 0.5) is 5.69 Å². The van der Waals surface area contributed by atoms with Crippen molar-refractivity contribution in [2.24, 2.45) is 0 Å². The van der Waals surface area contributed by atoms with Gasteiger partial charge in [-0.3, -0.25) is 4.79 Å². The maximum Gasteiger partial charge on any atom is 0.375 e. The molecule has 16 heavy (non-hydrogen) atoms. The number of hydrogen-bond acceptors (Lipinski definition) is 3. The average molecular weight is 259 g/mol. The van der Waals surface area contributed by atoms with Crippen molar-refractivity contribution >= 4 is 30.1 Å². The molecule has 0 spiro atoms. The fraction of sp³-hybridized carbons (Fsp3) is 0. The highest BCUT2D eigenvalue weighted by Gasteiger charge is 2.16. The summed E-state index contributed by atoms with van der Waals surface area (Å²) in [6.07, 6.45) is 0. The van der Waals surface area contributed by atoms with Crippen LogP contribution in [-0.4, -0.2) is 15.7 Å². The summed E-state index contributed by atoms with van der Waals surface area (Å²) in [5, 5.41) is 2.45. The van der Waals surface area contributed by atoms with Crippen LogP contribution < -0.4 is 5.32 Å². The van der Waals surface area contributed by atoms with Crippen molar-refractivity contribution in [3.05, 3.63) is 42.7 Å². The van der Waals surface area contributed by atoms with Gasteiger partial charge < -0.3 is 19.6 Å². The Hall–Kier alpha value is -1.20. The van der Waals surface area contributed by atoms with E-state index in [4.69, 9.17) is 9.79 Å². The molecule has 5 nitrogen and oxygen atoms in total. The molecular formula is C9H10NO4PS. The lowest BCUT2D eigenvalue weighted by Gasteiger charge is -2.12. The monoisotopic (exact) mass is 259 g/mol. The molecule has 0 aromatic heterocycles. The Morgan fingerprint density at radius 2 is 1.94 bits per heavy atom. The van der Waals surface area contributed by atoms with Crippen LogP contribution in [0.15, 0.2) is 42.7 Å². The first kappa shape index (κ1) is 12.9. The van der Waals surface area contributed by atoms with E-state index in [-0.39, 0.29) is 0 Å². The van der Waals surface area contributed by atoms with Gasteiger partial charge in [0.2, 0.25) is 0 Å². The molecule has 0 aliphatic heterocycles. The molecule has 0 aliphatic rings. The third-order valence-electron chi connectivity index (χ3n) is 1.51. The fourth-order valence-corrected chi connectivity index (χ4v) is 1.55. The third kappa shape index (κ3) is 4.55. The smallest absolute Gasteiger partial charge is 0.375 e. The van der Waals surface area contributed by atoms with Gasteiger partial charge in [0.15, 0.2) is 5.76 Å². The molecule has 0 aliphatic carbocycles. The molecule has 0 unspecified atom stereocenters. The SMILES string of the molecule is C=C(OP(O)(O)=S)C(=O)Nc1ccccc1. The van der Waals surface area contributed by atoms with Crippen LogP contribution in [0.2, 0.25) is 0 Å². The molecule has 1 aromatic rings. The lowest BCUT2D eigenvalue weighted by atomic mass is 10.3. The van der Waals surface area contributed by atoms with Crippen LogP contribution in [0.5, 0.6) is 0 Å². The van der Waals surface area contributed by atoms with Gasteiger partial charge in [-0.2, -0.15) is 0 Å². The third-order valence-corrected chi connectivity index (χ3v) is 2.20. The Bertz CT molecular complexity index is 442. The Kier molecular flexibility index (Phi) is 4.20. The predicted octanol–water partition coefficient (Wildman–Crippen LogP) is 1.36. The van der Waals surface area contributed by atoms with Crippen LogP contribution in [0.1, 0.15) is 0 Å². The number of anilines is 1. The number of carbonyl (C=O) groups is 1. The predicted molar refractivity (Wildman–Crippen MR) is 64.0 cm³/mol. The van der Waals surface area contributed by atoms with Crippen LogP contribution in [0.3, 0.4) is 0 Å². The van der Waals surface area contributed by atoms with Gasteiger partial charge in [0.25, 0.3) is 5.91 Å². The van der Waals surface area contributed by atoms with Gasteiger partial charge in [-0.05, 0) is 12.1 Å². The molecule has 1 rings (SSSR count). The molecule has 3 N–H and O–H groups in total. The van der Waals surface area contributed by atoms with E-state index in [1.807, 2.05) is 0 Å². The first-order valence-corrected chi connectivity index (χ1v) is 6.81. The second-order valence-corrected chi connectivity index (χ2v) is 5.42. The Labute approximate surface area is 97.6 Å². The van der Waals surface area contributed by atoms with E-state index in [1.54, 1.807) is 30.3 Å². The maximum atomic E-state index is 11.4. The lowest BCUT2D eigenvalue weighted by Crippen LogP contribution is -2.14. The molecule has 1 amide bonds. The van der Waals surface area contributed by atoms with Crippen LogP contribution in [0, 0.1) is 0 Å². The zero-order chi connectivity index (χ0) is 12.2. The summed E-state index contributed by atoms with van der Waals surface area (Å²) in [4.78, 5) is 29.0.